The molecule has 5 atom stereocenters. The van der Waals surface area contributed by atoms with Crippen LogP contribution in [0.5, 0.6) is 0 Å². The molecule has 1 aliphatic heterocycles. The molecular weight excluding hydrogens is 514 g/mol. The van der Waals surface area contributed by atoms with Crippen LogP contribution in [-0.2, 0) is 28.6 Å². The number of hydrogen-bond acceptors (Lipinski definition) is 7. The number of amides is 3. The lowest BCUT2D eigenvalue weighted by Crippen LogP contribution is -2.52. The van der Waals surface area contributed by atoms with Gasteiger partial charge in [-0.25, -0.2) is 9.59 Å². The molecule has 4 N–H and O–H groups in total. The minimum Gasteiger partial charge on any atom is -0.490 e. The molecular formula is C30H47N3O7. The highest BCUT2D eigenvalue weighted by molar-refractivity contribution is 5.93. The summed E-state index contributed by atoms with van der Waals surface area (Å²) in [5.74, 6) is -0.868. The second-order valence-electron chi connectivity index (χ2n) is 11.5. The number of allylic oxidation sites excluding steroid dienone is 2. The Kier molecular flexibility index (Phi) is 14.2. The van der Waals surface area contributed by atoms with Crippen molar-refractivity contribution in [3.63, 3.8) is 0 Å². The third kappa shape index (κ3) is 13.0. The van der Waals surface area contributed by atoms with E-state index >= 15 is 0 Å². The number of rotatable bonds is 14. The van der Waals surface area contributed by atoms with E-state index in [1.807, 2.05) is 54.5 Å². The Balaban J connectivity index is 2.68. The summed E-state index contributed by atoms with van der Waals surface area (Å²) in [6.45, 7) is 13.5. The number of cyclic esters (lactones) is 1. The SMILES string of the molecule is COC1=CC[C@@H]([C@@H](C)CC(C)/C=C\C(=O)N[C@H](C(=O)N/C=C\C[C@H](CC=C(C)C)OC(N)=O)C(C)(C)C)OC1=O. The van der Waals surface area contributed by atoms with Gasteiger partial charge >= 0.3 is 12.1 Å². The van der Waals surface area contributed by atoms with Crippen molar-refractivity contribution in [3.05, 3.63) is 47.9 Å². The minimum absolute atomic E-state index is 0.0407. The molecule has 10 heteroatoms. The standard InChI is InChI=1S/C30H47N3O7/c1-19(2)11-13-22(39-29(31)37)10-9-17-32-27(35)26(30(5,6)7)33-25(34)16-12-20(3)18-21(4)23-14-15-24(38-8)28(36)40-23/h9,11-12,15-17,20-23,26H,10,13-14,18H2,1-8H3,(H2,31,37)(H,32,35)(H,33,34)/b16-12-,17-9-/t20?,21-,22+,23-,26+/m0/s1. The molecule has 1 aliphatic rings. The van der Waals surface area contributed by atoms with Crippen molar-refractivity contribution in [2.45, 2.75) is 92.4 Å². The van der Waals surface area contributed by atoms with E-state index in [0.717, 1.165) is 5.57 Å². The number of esters is 1. The van der Waals surface area contributed by atoms with Gasteiger partial charge < -0.3 is 30.6 Å². The van der Waals surface area contributed by atoms with E-state index in [4.69, 9.17) is 19.9 Å². The highest BCUT2D eigenvalue weighted by Crippen LogP contribution is 2.26. The van der Waals surface area contributed by atoms with Gasteiger partial charge in [-0.15, -0.1) is 0 Å². The first-order valence-corrected chi connectivity index (χ1v) is 13.6. The van der Waals surface area contributed by atoms with Gasteiger partial charge in [-0.05, 0) is 55.9 Å². The van der Waals surface area contributed by atoms with Crippen LogP contribution >= 0.6 is 0 Å². The van der Waals surface area contributed by atoms with Gasteiger partial charge in [0.15, 0.2) is 5.76 Å². The summed E-state index contributed by atoms with van der Waals surface area (Å²) in [6.07, 6.45) is 10.7. The molecule has 0 fully saturated rings. The van der Waals surface area contributed by atoms with Crippen molar-refractivity contribution in [2.75, 3.05) is 7.11 Å². The fourth-order valence-electron chi connectivity index (χ4n) is 4.17. The van der Waals surface area contributed by atoms with E-state index in [9.17, 15) is 19.2 Å². The quantitative estimate of drug-likeness (QED) is 0.162. The molecule has 0 aromatic rings. The van der Waals surface area contributed by atoms with Gasteiger partial charge in [0.1, 0.15) is 18.2 Å². The van der Waals surface area contributed by atoms with Gasteiger partial charge in [0, 0.05) is 19.3 Å². The third-order valence-electron chi connectivity index (χ3n) is 6.40. The largest absolute Gasteiger partial charge is 0.490 e. The van der Waals surface area contributed by atoms with Gasteiger partial charge in [0.05, 0.1) is 7.11 Å². The number of methoxy groups -OCH3 is 1. The molecule has 40 heavy (non-hydrogen) atoms. The fourth-order valence-corrected chi connectivity index (χ4v) is 4.17. The van der Waals surface area contributed by atoms with Gasteiger partial charge in [-0.2, -0.15) is 0 Å². The summed E-state index contributed by atoms with van der Waals surface area (Å²) in [4.78, 5) is 48.7. The van der Waals surface area contributed by atoms with E-state index in [-0.39, 0.29) is 35.5 Å². The number of ether oxygens (including phenoxy) is 3. The monoisotopic (exact) mass is 561 g/mol. The molecule has 0 spiro atoms. The smallest absolute Gasteiger partial charge is 0.404 e. The predicted molar refractivity (Wildman–Crippen MR) is 153 cm³/mol. The number of nitrogens with two attached hydrogens (primary N) is 1. The van der Waals surface area contributed by atoms with Crippen LogP contribution < -0.4 is 16.4 Å². The Morgan fingerprint density at radius 1 is 1.20 bits per heavy atom. The van der Waals surface area contributed by atoms with Gasteiger partial charge in [-0.1, -0.05) is 58.4 Å². The molecule has 224 valence electrons. The molecule has 0 bridgehead atoms. The Morgan fingerprint density at radius 2 is 1.88 bits per heavy atom. The van der Waals surface area contributed by atoms with Crippen molar-refractivity contribution in [1.29, 1.82) is 0 Å². The van der Waals surface area contributed by atoms with Crippen LogP contribution in [0.2, 0.25) is 0 Å². The average molecular weight is 562 g/mol. The zero-order valence-electron chi connectivity index (χ0n) is 25.1. The normalized spacial score (nSPS) is 18.6. The van der Waals surface area contributed by atoms with Crippen LogP contribution in [-0.4, -0.2) is 49.2 Å². The maximum Gasteiger partial charge on any atom is 0.404 e. The van der Waals surface area contributed by atoms with Crippen molar-refractivity contribution < 1.29 is 33.4 Å². The Hall–Kier alpha value is -3.56. The first kappa shape index (κ1) is 34.5. The summed E-state index contributed by atoms with van der Waals surface area (Å²) in [6, 6.07) is -0.796. The molecule has 1 unspecified atom stereocenters. The molecule has 0 saturated heterocycles. The molecule has 10 nitrogen and oxygen atoms in total. The second kappa shape index (κ2) is 16.5. The number of hydrogen-bond donors (Lipinski definition) is 3. The zero-order chi connectivity index (χ0) is 30.5. The molecule has 0 aromatic carbocycles. The highest BCUT2D eigenvalue weighted by Gasteiger charge is 2.32. The van der Waals surface area contributed by atoms with Crippen LogP contribution in [0.4, 0.5) is 4.79 Å². The average Bonchev–Trinajstić information content (AvgIpc) is 2.85. The fraction of sp³-hybridized carbons (Fsp3) is 0.600. The summed E-state index contributed by atoms with van der Waals surface area (Å²) in [5.41, 5.74) is 5.69. The zero-order valence-corrected chi connectivity index (χ0v) is 25.1. The van der Waals surface area contributed by atoms with Crippen molar-refractivity contribution in [3.8, 4) is 0 Å². The Labute approximate surface area is 238 Å². The van der Waals surface area contributed by atoms with Gasteiger partial charge in [0.25, 0.3) is 0 Å². The summed E-state index contributed by atoms with van der Waals surface area (Å²) >= 11 is 0. The Morgan fingerprint density at radius 3 is 2.42 bits per heavy atom. The topological polar surface area (TPSA) is 146 Å². The van der Waals surface area contributed by atoms with Crippen molar-refractivity contribution in [1.82, 2.24) is 10.6 Å². The lowest BCUT2D eigenvalue weighted by Gasteiger charge is -2.29. The molecule has 0 aliphatic carbocycles. The Bertz CT molecular complexity index is 1000. The van der Waals surface area contributed by atoms with Crippen LogP contribution in [0.25, 0.3) is 0 Å². The predicted octanol–water partition coefficient (Wildman–Crippen LogP) is 4.42. The second-order valence-corrected chi connectivity index (χ2v) is 11.5. The van der Waals surface area contributed by atoms with Crippen molar-refractivity contribution in [2.24, 2.45) is 23.0 Å². The molecule has 1 rings (SSSR count). The van der Waals surface area contributed by atoms with Crippen LogP contribution in [0.1, 0.15) is 74.1 Å². The summed E-state index contributed by atoms with van der Waals surface area (Å²) < 4.78 is 15.6. The summed E-state index contributed by atoms with van der Waals surface area (Å²) in [7, 11) is 1.44. The molecule has 0 saturated carbocycles. The van der Waals surface area contributed by atoms with E-state index in [1.165, 1.54) is 19.4 Å². The lowest BCUT2D eigenvalue weighted by atomic mass is 9.86. The number of primary amides is 1. The van der Waals surface area contributed by atoms with E-state index in [2.05, 4.69) is 10.6 Å². The molecule has 0 aromatic heterocycles. The highest BCUT2D eigenvalue weighted by atomic mass is 16.6. The van der Waals surface area contributed by atoms with E-state index < -0.39 is 29.6 Å². The maximum absolute atomic E-state index is 12.9. The molecule has 1 heterocycles. The van der Waals surface area contributed by atoms with E-state index in [0.29, 0.717) is 25.7 Å². The van der Waals surface area contributed by atoms with Crippen LogP contribution in [0, 0.1) is 17.3 Å². The number of carbonyl (C=O) groups is 4. The third-order valence-corrected chi connectivity index (χ3v) is 6.40. The van der Waals surface area contributed by atoms with Crippen molar-refractivity contribution >= 4 is 23.9 Å². The number of nitrogens with one attached hydrogen (secondary N) is 2. The first-order valence-electron chi connectivity index (χ1n) is 13.6. The maximum atomic E-state index is 12.9. The molecule has 3 amide bonds. The summed E-state index contributed by atoms with van der Waals surface area (Å²) in [5, 5.41) is 5.50. The van der Waals surface area contributed by atoms with Gasteiger partial charge in [-0.3, -0.25) is 9.59 Å². The van der Waals surface area contributed by atoms with Gasteiger partial charge in [0.2, 0.25) is 11.8 Å². The van der Waals surface area contributed by atoms with E-state index in [1.54, 1.807) is 18.2 Å². The first-order chi connectivity index (χ1) is 18.6. The van der Waals surface area contributed by atoms with Crippen LogP contribution in [0.15, 0.2) is 47.9 Å². The minimum atomic E-state index is -0.854. The lowest BCUT2D eigenvalue weighted by molar-refractivity contribution is -0.152. The molecule has 0 radical (unpaired) electrons. The van der Waals surface area contributed by atoms with Crippen LogP contribution in [0.3, 0.4) is 0 Å². The number of carbonyl (C=O) groups excluding carboxylic acids is 4.